The van der Waals surface area contributed by atoms with Gasteiger partial charge in [-0.3, -0.25) is 14.4 Å². The number of carbonyl (C=O) groups excluding carboxylic acids is 1. The second-order valence-electron chi connectivity index (χ2n) is 6.53. The van der Waals surface area contributed by atoms with Gasteiger partial charge in [-0.1, -0.05) is 29.0 Å². The van der Waals surface area contributed by atoms with E-state index in [1.165, 1.54) is 11.3 Å². The largest absolute Gasteiger partial charge is 0.309 e. The van der Waals surface area contributed by atoms with Crippen molar-refractivity contribution >= 4 is 44.2 Å². The molecule has 0 spiro atoms. The lowest BCUT2D eigenvalue weighted by Gasteiger charge is -2.20. The number of halogens is 1. The van der Waals surface area contributed by atoms with Crippen molar-refractivity contribution in [3.8, 4) is 0 Å². The molecule has 0 bridgehead atoms. The Labute approximate surface area is 162 Å². The highest BCUT2D eigenvalue weighted by molar-refractivity contribution is 7.23. The van der Waals surface area contributed by atoms with E-state index in [0.717, 1.165) is 28.7 Å². The molecule has 26 heavy (non-hydrogen) atoms. The summed E-state index contributed by atoms with van der Waals surface area (Å²) in [6, 6.07) is 5.55. The molecule has 1 amide bonds. The molecule has 2 aromatic heterocycles. The van der Waals surface area contributed by atoms with E-state index in [2.05, 4.69) is 10.00 Å². The van der Waals surface area contributed by atoms with Crippen LogP contribution < -0.4 is 4.90 Å². The van der Waals surface area contributed by atoms with Crippen LogP contribution in [0.1, 0.15) is 22.5 Å². The number of hydrogen-bond acceptors (Lipinski definition) is 5. The molecule has 0 radical (unpaired) electrons. The molecule has 0 aliphatic heterocycles. The molecule has 0 aliphatic rings. The summed E-state index contributed by atoms with van der Waals surface area (Å²) in [4.78, 5) is 21.6. The summed E-state index contributed by atoms with van der Waals surface area (Å²) in [5, 5.41) is 5.57. The molecule has 0 saturated heterocycles. The topological polar surface area (TPSA) is 54.3 Å². The van der Waals surface area contributed by atoms with Crippen molar-refractivity contribution in [1.82, 2.24) is 19.7 Å². The number of carbonyl (C=O) groups is 1. The lowest BCUT2D eigenvalue weighted by atomic mass is 10.2. The SMILES string of the molecule is Cc1ccc(Cl)c2sc(N(CCCN(C)C)C(=O)c3ccn(C)n3)nc12. The summed E-state index contributed by atoms with van der Waals surface area (Å²) in [5.74, 6) is -0.141. The van der Waals surface area contributed by atoms with Gasteiger partial charge in [-0.15, -0.1) is 0 Å². The fourth-order valence-corrected chi connectivity index (χ4v) is 4.04. The first-order valence-corrected chi connectivity index (χ1v) is 9.58. The Hall–Kier alpha value is -1.96. The van der Waals surface area contributed by atoms with Crippen LogP contribution in [0.15, 0.2) is 24.4 Å². The van der Waals surface area contributed by atoms with Crippen LogP contribution in [0.2, 0.25) is 5.02 Å². The minimum atomic E-state index is -0.141. The Bertz CT molecular complexity index is 894. The fourth-order valence-electron chi connectivity index (χ4n) is 2.70. The third-order valence-corrected chi connectivity index (χ3v) is 5.62. The van der Waals surface area contributed by atoms with Gasteiger partial charge >= 0.3 is 0 Å². The number of fused-ring (bicyclic) bond motifs is 1. The van der Waals surface area contributed by atoms with Gasteiger partial charge in [0.05, 0.1) is 15.2 Å². The summed E-state index contributed by atoms with van der Waals surface area (Å²) >= 11 is 7.79. The molecular weight excluding hydrogens is 370 g/mol. The molecule has 6 nitrogen and oxygen atoms in total. The summed E-state index contributed by atoms with van der Waals surface area (Å²) in [6.07, 6.45) is 2.61. The predicted molar refractivity (Wildman–Crippen MR) is 107 cm³/mol. The third kappa shape index (κ3) is 3.90. The highest BCUT2D eigenvalue weighted by Crippen LogP contribution is 2.36. The number of hydrogen-bond donors (Lipinski definition) is 0. The van der Waals surface area contributed by atoms with Crippen molar-refractivity contribution in [2.75, 3.05) is 32.1 Å². The molecule has 8 heteroatoms. The van der Waals surface area contributed by atoms with Crippen molar-refractivity contribution in [3.63, 3.8) is 0 Å². The third-order valence-electron chi connectivity index (χ3n) is 4.08. The van der Waals surface area contributed by atoms with E-state index in [1.807, 2.05) is 33.2 Å². The van der Waals surface area contributed by atoms with Crippen molar-refractivity contribution in [3.05, 3.63) is 40.7 Å². The Morgan fingerprint density at radius 1 is 1.27 bits per heavy atom. The molecule has 3 rings (SSSR count). The van der Waals surface area contributed by atoms with Crippen LogP contribution >= 0.6 is 22.9 Å². The number of anilines is 1. The van der Waals surface area contributed by atoms with E-state index in [0.29, 0.717) is 22.4 Å². The van der Waals surface area contributed by atoms with E-state index < -0.39 is 0 Å². The first kappa shape index (κ1) is 18.8. The molecule has 0 atom stereocenters. The van der Waals surface area contributed by atoms with E-state index in [1.54, 1.807) is 28.9 Å². The van der Waals surface area contributed by atoms with Gasteiger partial charge in [-0.2, -0.15) is 5.10 Å². The monoisotopic (exact) mass is 391 g/mol. The highest BCUT2D eigenvalue weighted by atomic mass is 35.5. The molecule has 0 N–H and O–H groups in total. The molecule has 1 aromatic carbocycles. The van der Waals surface area contributed by atoms with Crippen molar-refractivity contribution < 1.29 is 4.79 Å². The summed E-state index contributed by atoms with van der Waals surface area (Å²) in [6.45, 7) is 3.46. The number of nitrogens with zero attached hydrogens (tertiary/aromatic N) is 5. The minimum absolute atomic E-state index is 0.141. The maximum absolute atomic E-state index is 13.1. The molecular formula is C18H22ClN5OS. The van der Waals surface area contributed by atoms with Gasteiger partial charge in [0.1, 0.15) is 0 Å². The zero-order valence-electron chi connectivity index (χ0n) is 15.4. The summed E-state index contributed by atoms with van der Waals surface area (Å²) in [7, 11) is 5.84. The van der Waals surface area contributed by atoms with Crippen LogP contribution in [0.5, 0.6) is 0 Å². The Kier molecular flexibility index (Phi) is 5.60. The van der Waals surface area contributed by atoms with Crippen molar-refractivity contribution in [1.29, 1.82) is 0 Å². The lowest BCUT2D eigenvalue weighted by Crippen LogP contribution is -2.33. The first-order valence-electron chi connectivity index (χ1n) is 8.38. The average Bonchev–Trinajstić information content (AvgIpc) is 3.21. The normalized spacial score (nSPS) is 11.5. The number of benzene rings is 1. The van der Waals surface area contributed by atoms with E-state index in [9.17, 15) is 4.79 Å². The second-order valence-corrected chi connectivity index (χ2v) is 7.91. The van der Waals surface area contributed by atoms with Gasteiger partial charge in [0.2, 0.25) is 0 Å². The van der Waals surface area contributed by atoms with Gasteiger partial charge in [0.25, 0.3) is 5.91 Å². The number of aryl methyl sites for hydroxylation is 2. The minimum Gasteiger partial charge on any atom is -0.309 e. The quantitative estimate of drug-likeness (QED) is 0.644. The predicted octanol–water partition coefficient (Wildman–Crippen LogP) is 3.59. The Morgan fingerprint density at radius 3 is 2.65 bits per heavy atom. The Balaban J connectivity index is 1.98. The second kappa shape index (κ2) is 7.73. The van der Waals surface area contributed by atoms with Gasteiger partial charge in [0.15, 0.2) is 10.8 Å². The number of amides is 1. The van der Waals surface area contributed by atoms with Gasteiger partial charge in [-0.05, 0) is 51.7 Å². The molecule has 2 heterocycles. The fraction of sp³-hybridized carbons (Fsp3) is 0.389. The average molecular weight is 392 g/mol. The summed E-state index contributed by atoms with van der Waals surface area (Å²) in [5.41, 5.74) is 2.31. The van der Waals surface area contributed by atoms with Crippen molar-refractivity contribution in [2.45, 2.75) is 13.3 Å². The maximum Gasteiger partial charge on any atom is 0.280 e. The smallest absolute Gasteiger partial charge is 0.280 e. The molecule has 3 aromatic rings. The molecule has 0 saturated carbocycles. The van der Waals surface area contributed by atoms with Gasteiger partial charge in [-0.25, -0.2) is 4.98 Å². The van der Waals surface area contributed by atoms with E-state index in [-0.39, 0.29) is 5.91 Å². The van der Waals surface area contributed by atoms with E-state index >= 15 is 0 Å². The van der Waals surface area contributed by atoms with Crippen LogP contribution in [0, 0.1) is 6.92 Å². The van der Waals surface area contributed by atoms with E-state index in [4.69, 9.17) is 16.6 Å². The number of thiazole rings is 1. The maximum atomic E-state index is 13.1. The molecule has 0 aliphatic carbocycles. The van der Waals surface area contributed by atoms with Crippen LogP contribution in [-0.4, -0.2) is 52.8 Å². The van der Waals surface area contributed by atoms with Crippen LogP contribution in [0.25, 0.3) is 10.2 Å². The van der Waals surface area contributed by atoms with Crippen LogP contribution in [0.4, 0.5) is 5.13 Å². The van der Waals surface area contributed by atoms with Crippen LogP contribution in [-0.2, 0) is 7.05 Å². The standard InChI is InChI=1S/C18H22ClN5OS/c1-12-6-7-13(19)16-15(12)20-18(26-16)24(10-5-9-22(2)3)17(25)14-8-11-23(4)21-14/h6-8,11H,5,9-10H2,1-4H3. The van der Waals surface area contributed by atoms with Gasteiger partial charge < -0.3 is 4.90 Å². The zero-order valence-corrected chi connectivity index (χ0v) is 16.9. The zero-order chi connectivity index (χ0) is 18.8. The first-order chi connectivity index (χ1) is 12.4. The van der Waals surface area contributed by atoms with Crippen LogP contribution in [0.3, 0.4) is 0 Å². The molecule has 138 valence electrons. The highest BCUT2D eigenvalue weighted by Gasteiger charge is 2.23. The molecule has 0 fully saturated rings. The Morgan fingerprint density at radius 2 is 2.04 bits per heavy atom. The summed E-state index contributed by atoms with van der Waals surface area (Å²) < 4.78 is 2.54. The van der Waals surface area contributed by atoms with Crippen molar-refractivity contribution in [2.24, 2.45) is 7.05 Å². The van der Waals surface area contributed by atoms with Gasteiger partial charge in [0, 0.05) is 19.8 Å². The number of aromatic nitrogens is 3. The number of rotatable bonds is 6. The molecule has 0 unspecified atom stereocenters. The lowest BCUT2D eigenvalue weighted by molar-refractivity contribution is 0.0980.